The Labute approximate surface area is 128 Å². The standard InChI is InChI=1S/C10H13N4O8P/c15-4-5(16)7(10(17)22-23(18,19)20)21-6(4)9-11-1-3-2-12-14-8(3)13-9/h1-2,4-7,10,15-17H,(H2,18,19,20)(H,11,12,13,14)/t4-,5+,6?,7+,10?/m1/s1. The van der Waals surface area contributed by atoms with Gasteiger partial charge in [0.2, 0.25) is 0 Å². The monoisotopic (exact) mass is 348 g/mol. The molecule has 1 aliphatic rings. The van der Waals surface area contributed by atoms with Crippen molar-refractivity contribution in [1.29, 1.82) is 0 Å². The van der Waals surface area contributed by atoms with Crippen molar-refractivity contribution in [3.8, 4) is 0 Å². The molecule has 6 N–H and O–H groups in total. The molecular weight excluding hydrogens is 335 g/mol. The van der Waals surface area contributed by atoms with Gasteiger partial charge in [0.1, 0.15) is 24.4 Å². The van der Waals surface area contributed by atoms with E-state index in [9.17, 15) is 19.9 Å². The fourth-order valence-corrected chi connectivity index (χ4v) is 2.64. The first-order valence-corrected chi connectivity index (χ1v) is 7.89. The second-order valence-electron chi connectivity index (χ2n) is 4.89. The van der Waals surface area contributed by atoms with E-state index >= 15 is 0 Å². The Balaban J connectivity index is 1.82. The number of phosphoric ester groups is 1. The number of rotatable bonds is 4. The molecule has 0 aromatic carbocycles. The van der Waals surface area contributed by atoms with Crippen molar-refractivity contribution < 1.29 is 38.9 Å². The summed E-state index contributed by atoms with van der Waals surface area (Å²) in [5.74, 6) is -0.000760. The quantitative estimate of drug-likeness (QED) is 0.263. The van der Waals surface area contributed by atoms with Crippen molar-refractivity contribution in [2.24, 2.45) is 0 Å². The molecule has 5 atom stereocenters. The van der Waals surface area contributed by atoms with Crippen molar-refractivity contribution in [1.82, 2.24) is 20.2 Å². The van der Waals surface area contributed by atoms with E-state index in [1.165, 1.54) is 12.4 Å². The van der Waals surface area contributed by atoms with Crippen molar-refractivity contribution >= 4 is 18.9 Å². The van der Waals surface area contributed by atoms with E-state index in [1.54, 1.807) is 0 Å². The molecule has 12 nitrogen and oxygen atoms in total. The number of aliphatic hydroxyl groups excluding tert-OH is 3. The number of ether oxygens (including phenoxy) is 1. The third-order valence-electron chi connectivity index (χ3n) is 3.29. The number of nitrogens with one attached hydrogen (secondary N) is 1. The number of aromatic amines is 1. The van der Waals surface area contributed by atoms with Crippen LogP contribution in [0.5, 0.6) is 0 Å². The van der Waals surface area contributed by atoms with Gasteiger partial charge in [-0.2, -0.15) is 5.10 Å². The van der Waals surface area contributed by atoms with E-state index in [1.807, 2.05) is 0 Å². The van der Waals surface area contributed by atoms with Crippen LogP contribution in [0.2, 0.25) is 0 Å². The summed E-state index contributed by atoms with van der Waals surface area (Å²) in [6.45, 7) is 0. The maximum absolute atomic E-state index is 10.7. The van der Waals surface area contributed by atoms with Crippen LogP contribution in [0, 0.1) is 0 Å². The van der Waals surface area contributed by atoms with Crippen LogP contribution in [0.25, 0.3) is 11.0 Å². The maximum Gasteiger partial charge on any atom is 0.472 e. The highest BCUT2D eigenvalue weighted by Gasteiger charge is 2.49. The van der Waals surface area contributed by atoms with E-state index in [4.69, 9.17) is 14.5 Å². The molecule has 0 aliphatic carbocycles. The number of aromatic nitrogens is 4. The highest BCUT2D eigenvalue weighted by Crippen LogP contribution is 2.41. The fourth-order valence-electron chi connectivity index (χ4n) is 2.24. The molecule has 0 spiro atoms. The number of hydrogen-bond donors (Lipinski definition) is 6. The van der Waals surface area contributed by atoms with Crippen LogP contribution in [0.15, 0.2) is 12.4 Å². The van der Waals surface area contributed by atoms with Crippen LogP contribution in [-0.2, 0) is 13.8 Å². The predicted molar refractivity (Wildman–Crippen MR) is 70.4 cm³/mol. The van der Waals surface area contributed by atoms with Crippen LogP contribution in [0.1, 0.15) is 11.9 Å². The summed E-state index contributed by atoms with van der Waals surface area (Å²) in [6, 6.07) is 0. The first kappa shape index (κ1) is 16.4. The van der Waals surface area contributed by atoms with E-state index < -0.39 is 38.5 Å². The second kappa shape index (κ2) is 5.85. The number of phosphoric acid groups is 1. The second-order valence-corrected chi connectivity index (χ2v) is 6.08. The minimum atomic E-state index is -5.00. The summed E-state index contributed by atoms with van der Waals surface area (Å²) in [7, 11) is -5.00. The molecular formula is C10H13N4O8P. The molecule has 1 saturated heterocycles. The average molecular weight is 348 g/mol. The molecule has 0 radical (unpaired) electrons. The molecule has 126 valence electrons. The summed E-state index contributed by atoms with van der Waals surface area (Å²) in [6.07, 6.45) is -5.26. The largest absolute Gasteiger partial charge is 0.472 e. The van der Waals surface area contributed by atoms with Crippen molar-refractivity contribution in [2.75, 3.05) is 0 Å². The fraction of sp³-hybridized carbons (Fsp3) is 0.500. The topological polar surface area (TPSA) is 191 Å². The maximum atomic E-state index is 10.7. The van der Waals surface area contributed by atoms with Gasteiger partial charge in [-0.25, -0.2) is 14.5 Å². The lowest BCUT2D eigenvalue weighted by molar-refractivity contribution is -0.154. The lowest BCUT2D eigenvalue weighted by Crippen LogP contribution is -2.39. The molecule has 1 fully saturated rings. The molecule has 2 aromatic rings. The van der Waals surface area contributed by atoms with Gasteiger partial charge in [-0.05, 0) is 0 Å². The van der Waals surface area contributed by atoms with Crippen LogP contribution in [-0.4, -0.2) is 69.9 Å². The number of aliphatic hydroxyl groups is 3. The summed E-state index contributed by atoms with van der Waals surface area (Å²) < 4.78 is 20.0. The van der Waals surface area contributed by atoms with Crippen LogP contribution in [0.3, 0.4) is 0 Å². The Morgan fingerprint density at radius 2 is 2.04 bits per heavy atom. The summed E-state index contributed by atoms with van der Waals surface area (Å²) in [5, 5.41) is 36.5. The van der Waals surface area contributed by atoms with Crippen molar-refractivity contribution in [3.63, 3.8) is 0 Å². The Kier molecular flexibility index (Phi) is 4.16. The lowest BCUT2D eigenvalue weighted by Gasteiger charge is -2.21. The molecule has 0 saturated carbocycles. The predicted octanol–water partition coefficient (Wildman–Crippen LogP) is -2.06. The minimum absolute atomic E-state index is 0.000760. The van der Waals surface area contributed by atoms with Gasteiger partial charge in [-0.15, -0.1) is 0 Å². The normalized spacial score (nSPS) is 30.0. The van der Waals surface area contributed by atoms with Gasteiger partial charge in [-0.1, -0.05) is 0 Å². The van der Waals surface area contributed by atoms with E-state index in [0.29, 0.717) is 11.0 Å². The van der Waals surface area contributed by atoms with E-state index in [-0.39, 0.29) is 5.82 Å². The highest BCUT2D eigenvalue weighted by atomic mass is 31.2. The molecule has 0 amide bonds. The smallest absolute Gasteiger partial charge is 0.387 e. The zero-order chi connectivity index (χ0) is 16.8. The Hall–Kier alpha value is -1.50. The number of fused-ring (bicyclic) bond motifs is 1. The van der Waals surface area contributed by atoms with Crippen molar-refractivity contribution in [3.05, 3.63) is 18.2 Å². The van der Waals surface area contributed by atoms with E-state index in [0.717, 1.165) is 0 Å². The first-order chi connectivity index (χ1) is 10.8. The highest BCUT2D eigenvalue weighted by molar-refractivity contribution is 7.46. The number of nitrogens with zero attached hydrogens (tertiary/aromatic N) is 3. The number of H-pyrrole nitrogens is 1. The zero-order valence-corrected chi connectivity index (χ0v) is 12.2. The Morgan fingerprint density at radius 1 is 1.30 bits per heavy atom. The van der Waals surface area contributed by atoms with Crippen LogP contribution >= 0.6 is 7.82 Å². The SMILES string of the molecule is O=P(O)(O)OC(O)[C@H]1OC(c2ncc3cn[nH]c3n2)[C@H](O)[C@@H]1O. The van der Waals surface area contributed by atoms with Gasteiger partial charge < -0.3 is 29.8 Å². The van der Waals surface area contributed by atoms with Gasteiger partial charge in [0, 0.05) is 6.20 Å². The molecule has 2 unspecified atom stereocenters. The van der Waals surface area contributed by atoms with Gasteiger partial charge in [0.15, 0.2) is 17.8 Å². The molecule has 1 aliphatic heterocycles. The average Bonchev–Trinajstić information content (AvgIpc) is 3.02. The molecule has 23 heavy (non-hydrogen) atoms. The Morgan fingerprint density at radius 3 is 2.74 bits per heavy atom. The third kappa shape index (κ3) is 3.24. The molecule has 13 heteroatoms. The van der Waals surface area contributed by atoms with Crippen LogP contribution < -0.4 is 0 Å². The summed E-state index contributed by atoms with van der Waals surface area (Å²) in [4.78, 5) is 25.4. The third-order valence-corrected chi connectivity index (χ3v) is 3.78. The van der Waals surface area contributed by atoms with Crippen molar-refractivity contribution in [2.45, 2.75) is 30.7 Å². The van der Waals surface area contributed by atoms with Gasteiger partial charge in [-0.3, -0.25) is 9.62 Å². The summed E-state index contributed by atoms with van der Waals surface area (Å²) >= 11 is 0. The minimum Gasteiger partial charge on any atom is -0.387 e. The molecule has 3 heterocycles. The number of hydrogen-bond acceptors (Lipinski definition) is 9. The Bertz CT molecular complexity index is 749. The van der Waals surface area contributed by atoms with Gasteiger partial charge in [0.25, 0.3) is 0 Å². The van der Waals surface area contributed by atoms with Gasteiger partial charge >= 0.3 is 7.82 Å². The molecule has 2 aromatic heterocycles. The summed E-state index contributed by atoms with van der Waals surface area (Å²) in [5.41, 5.74) is 0.371. The van der Waals surface area contributed by atoms with Gasteiger partial charge in [0.05, 0.1) is 11.6 Å². The van der Waals surface area contributed by atoms with E-state index in [2.05, 4.69) is 24.7 Å². The first-order valence-electron chi connectivity index (χ1n) is 6.36. The molecule has 0 bridgehead atoms. The zero-order valence-electron chi connectivity index (χ0n) is 11.3. The van der Waals surface area contributed by atoms with Crippen LogP contribution in [0.4, 0.5) is 0 Å². The lowest BCUT2D eigenvalue weighted by atomic mass is 10.1. The molecule has 3 rings (SSSR count).